The lowest BCUT2D eigenvalue weighted by molar-refractivity contribution is 0.0946. The molecule has 0 heterocycles. The van der Waals surface area contributed by atoms with Crippen molar-refractivity contribution in [1.82, 2.24) is 4.90 Å². The maximum absolute atomic E-state index is 12.0. The van der Waals surface area contributed by atoms with E-state index in [-0.39, 0.29) is 18.4 Å². The molecule has 94 valence electrons. The lowest BCUT2D eigenvalue weighted by atomic mass is 10.1. The molecule has 0 radical (unpaired) electrons. The van der Waals surface area contributed by atoms with Crippen molar-refractivity contribution in [2.45, 2.75) is 19.4 Å². The zero-order chi connectivity index (χ0) is 12.8. The summed E-state index contributed by atoms with van der Waals surface area (Å²) >= 11 is 3.37. The second-order valence-electron chi connectivity index (χ2n) is 4.17. The average Bonchev–Trinajstić information content (AvgIpc) is 2.35. The van der Waals surface area contributed by atoms with Gasteiger partial charge in [0.15, 0.2) is 5.78 Å². The Morgan fingerprint density at radius 2 is 2.12 bits per heavy atom. The predicted octanol–water partition coefficient (Wildman–Crippen LogP) is 2.33. The maximum atomic E-state index is 12.0. The molecule has 1 unspecified atom stereocenters. The van der Waals surface area contributed by atoms with Crippen LogP contribution >= 0.6 is 15.9 Å². The van der Waals surface area contributed by atoms with Crippen LogP contribution in [-0.2, 0) is 0 Å². The molecule has 0 aliphatic rings. The number of likely N-dealkylation sites (N-methyl/N-ethyl adjacent to an activating group) is 1. The molecule has 1 aromatic rings. The second-order valence-corrected chi connectivity index (χ2v) is 5.02. The number of nitrogens with zero attached hydrogens (tertiary/aromatic N) is 1. The van der Waals surface area contributed by atoms with Crippen molar-refractivity contribution >= 4 is 21.7 Å². The molecule has 0 amide bonds. The summed E-state index contributed by atoms with van der Waals surface area (Å²) in [5.74, 6) is 0.120. The van der Waals surface area contributed by atoms with Crippen molar-refractivity contribution in [3.8, 4) is 0 Å². The van der Waals surface area contributed by atoms with E-state index in [4.69, 9.17) is 5.11 Å². The third-order valence-electron chi connectivity index (χ3n) is 2.88. The topological polar surface area (TPSA) is 40.5 Å². The minimum absolute atomic E-state index is 0.0852. The van der Waals surface area contributed by atoms with E-state index < -0.39 is 0 Å². The fourth-order valence-electron chi connectivity index (χ4n) is 1.46. The number of rotatable bonds is 6. The van der Waals surface area contributed by atoms with Gasteiger partial charge in [-0.3, -0.25) is 4.79 Å². The van der Waals surface area contributed by atoms with Crippen LogP contribution in [0, 0.1) is 0 Å². The summed E-state index contributed by atoms with van der Waals surface area (Å²) in [6.07, 6.45) is 0.462. The van der Waals surface area contributed by atoms with E-state index in [0.717, 1.165) is 10.0 Å². The zero-order valence-corrected chi connectivity index (χ0v) is 11.8. The molecule has 0 aliphatic carbocycles. The van der Waals surface area contributed by atoms with Crippen LogP contribution in [0.5, 0.6) is 0 Å². The fraction of sp³-hybridized carbons (Fsp3) is 0.462. The van der Waals surface area contributed by atoms with Gasteiger partial charge in [0.2, 0.25) is 0 Å². The highest BCUT2D eigenvalue weighted by molar-refractivity contribution is 9.10. The summed E-state index contributed by atoms with van der Waals surface area (Å²) < 4.78 is 0.836. The quantitative estimate of drug-likeness (QED) is 0.820. The zero-order valence-electron chi connectivity index (χ0n) is 10.2. The Morgan fingerprint density at radius 1 is 1.47 bits per heavy atom. The summed E-state index contributed by atoms with van der Waals surface area (Å²) in [6, 6.07) is 7.52. The molecular weight excluding hydrogens is 282 g/mol. The molecule has 1 rings (SSSR count). The highest BCUT2D eigenvalue weighted by Crippen LogP contribution is 2.17. The minimum Gasteiger partial charge on any atom is -0.395 e. The number of carbonyl (C=O) groups is 1. The van der Waals surface area contributed by atoms with Gasteiger partial charge in [-0.25, -0.2) is 0 Å². The monoisotopic (exact) mass is 299 g/mol. The number of hydrogen-bond donors (Lipinski definition) is 1. The van der Waals surface area contributed by atoms with Crippen LogP contribution in [0.2, 0.25) is 0 Å². The normalized spacial score (nSPS) is 12.8. The highest BCUT2D eigenvalue weighted by atomic mass is 79.9. The Balaban J connectivity index is 2.54. The van der Waals surface area contributed by atoms with Crippen LogP contribution in [0.25, 0.3) is 0 Å². The van der Waals surface area contributed by atoms with Crippen LogP contribution < -0.4 is 0 Å². The Morgan fingerprint density at radius 3 is 2.71 bits per heavy atom. The lowest BCUT2D eigenvalue weighted by Gasteiger charge is -2.22. The van der Waals surface area contributed by atoms with Crippen molar-refractivity contribution in [3.05, 3.63) is 34.3 Å². The van der Waals surface area contributed by atoms with E-state index in [1.807, 2.05) is 43.1 Å². The van der Waals surface area contributed by atoms with Crippen LogP contribution in [-0.4, -0.2) is 42.0 Å². The van der Waals surface area contributed by atoms with E-state index in [1.165, 1.54) is 0 Å². The molecule has 1 aromatic carbocycles. The van der Waals surface area contributed by atoms with E-state index >= 15 is 0 Å². The van der Waals surface area contributed by atoms with E-state index in [1.54, 1.807) is 0 Å². The highest BCUT2D eigenvalue weighted by Gasteiger charge is 2.12. The Bertz CT molecular complexity index is 381. The molecule has 0 aliphatic heterocycles. The van der Waals surface area contributed by atoms with Gasteiger partial charge >= 0.3 is 0 Å². The molecule has 3 nitrogen and oxygen atoms in total. The van der Waals surface area contributed by atoms with Gasteiger partial charge in [-0.2, -0.15) is 0 Å². The summed E-state index contributed by atoms with van der Waals surface area (Å²) in [4.78, 5) is 13.9. The molecule has 4 heteroatoms. The fourth-order valence-corrected chi connectivity index (χ4v) is 1.97. The van der Waals surface area contributed by atoms with Crippen molar-refractivity contribution in [2.24, 2.45) is 0 Å². The second kappa shape index (κ2) is 6.89. The maximum Gasteiger partial charge on any atom is 0.165 e. The first-order valence-corrected chi connectivity index (χ1v) is 6.44. The van der Waals surface area contributed by atoms with Gasteiger partial charge in [0.25, 0.3) is 0 Å². The molecule has 1 atom stereocenters. The van der Waals surface area contributed by atoms with Crippen LogP contribution in [0.1, 0.15) is 23.7 Å². The largest absolute Gasteiger partial charge is 0.395 e. The number of hydrogen-bond acceptors (Lipinski definition) is 3. The molecule has 0 bridgehead atoms. The van der Waals surface area contributed by atoms with Gasteiger partial charge < -0.3 is 10.0 Å². The number of aliphatic hydroxyl groups excluding tert-OH is 1. The summed E-state index contributed by atoms with van der Waals surface area (Å²) in [5.41, 5.74) is 0.720. The van der Waals surface area contributed by atoms with Crippen LogP contribution in [0.4, 0.5) is 0 Å². The van der Waals surface area contributed by atoms with Crippen molar-refractivity contribution in [2.75, 3.05) is 20.2 Å². The number of carbonyl (C=O) groups excluding carboxylic acids is 1. The van der Waals surface area contributed by atoms with Crippen molar-refractivity contribution in [1.29, 1.82) is 0 Å². The average molecular weight is 300 g/mol. The number of Topliss-reactive ketones (excluding diaryl/α,β-unsaturated/α-hetero) is 1. The molecular formula is C13H18BrNO2. The molecule has 0 saturated heterocycles. The van der Waals surface area contributed by atoms with Crippen molar-refractivity contribution < 1.29 is 9.90 Å². The Hall–Kier alpha value is -0.710. The third kappa shape index (κ3) is 4.22. The molecule has 0 saturated carbocycles. The third-order valence-corrected chi connectivity index (χ3v) is 3.57. The number of ketones is 1. The Kier molecular flexibility index (Phi) is 5.82. The van der Waals surface area contributed by atoms with Gasteiger partial charge in [-0.15, -0.1) is 0 Å². The SMILES string of the molecule is CC(CO)N(C)CCC(=O)c1ccccc1Br. The van der Waals surface area contributed by atoms with Gasteiger partial charge in [0.1, 0.15) is 0 Å². The first-order chi connectivity index (χ1) is 8.06. The number of halogens is 1. The standard InChI is InChI=1S/C13H18BrNO2/c1-10(9-16)15(2)8-7-13(17)11-5-3-4-6-12(11)14/h3-6,10,16H,7-9H2,1-2H3. The molecule has 0 aromatic heterocycles. The minimum atomic E-state index is 0.0852. The molecule has 17 heavy (non-hydrogen) atoms. The number of benzene rings is 1. The van der Waals surface area contributed by atoms with Gasteiger partial charge in [0.05, 0.1) is 6.61 Å². The van der Waals surface area contributed by atoms with Gasteiger partial charge in [-0.1, -0.05) is 34.1 Å². The van der Waals surface area contributed by atoms with Crippen LogP contribution in [0.15, 0.2) is 28.7 Å². The van der Waals surface area contributed by atoms with Gasteiger partial charge in [0, 0.05) is 29.0 Å². The number of aliphatic hydroxyl groups is 1. The smallest absolute Gasteiger partial charge is 0.165 e. The summed E-state index contributed by atoms with van der Waals surface area (Å²) in [6.45, 7) is 2.70. The van der Waals surface area contributed by atoms with Crippen molar-refractivity contribution in [3.63, 3.8) is 0 Å². The van der Waals surface area contributed by atoms with E-state index in [0.29, 0.717) is 13.0 Å². The molecule has 0 spiro atoms. The first-order valence-electron chi connectivity index (χ1n) is 5.65. The van der Waals surface area contributed by atoms with Gasteiger partial charge in [-0.05, 0) is 20.0 Å². The van der Waals surface area contributed by atoms with Crippen LogP contribution in [0.3, 0.4) is 0 Å². The first kappa shape index (κ1) is 14.4. The van der Waals surface area contributed by atoms with E-state index in [2.05, 4.69) is 15.9 Å². The summed E-state index contributed by atoms with van der Waals surface area (Å²) in [5, 5.41) is 9.00. The Labute approximate surface area is 111 Å². The summed E-state index contributed by atoms with van der Waals surface area (Å²) in [7, 11) is 1.91. The lowest BCUT2D eigenvalue weighted by Crippen LogP contribution is -2.33. The predicted molar refractivity (Wildman–Crippen MR) is 72.3 cm³/mol. The molecule has 1 N–H and O–H groups in total. The molecule has 0 fully saturated rings. The van der Waals surface area contributed by atoms with E-state index in [9.17, 15) is 4.79 Å².